The van der Waals surface area contributed by atoms with Crippen molar-refractivity contribution < 1.29 is 17.6 Å². The fraction of sp³-hybridized carbons (Fsp3) is 0.500. The molecule has 0 spiro atoms. The molecule has 21 heavy (non-hydrogen) atoms. The average Bonchev–Trinajstić information content (AvgIpc) is 2.94. The van der Waals surface area contributed by atoms with Crippen LogP contribution >= 0.6 is 0 Å². The van der Waals surface area contributed by atoms with E-state index in [9.17, 15) is 13.2 Å². The first-order chi connectivity index (χ1) is 9.75. The van der Waals surface area contributed by atoms with Gasteiger partial charge < -0.3 is 9.73 Å². The Bertz CT molecular complexity index is 599. The maximum Gasteiger partial charge on any atom is 0.419 e. The molecule has 0 unspecified atom stereocenters. The van der Waals surface area contributed by atoms with E-state index in [0.717, 1.165) is 23.7 Å². The largest absolute Gasteiger partial charge is 0.462 e. The molecule has 2 aromatic heterocycles. The fourth-order valence-electron chi connectivity index (χ4n) is 1.90. The van der Waals surface area contributed by atoms with Crippen LogP contribution in [0.1, 0.15) is 36.5 Å². The van der Waals surface area contributed by atoms with Crippen LogP contribution in [-0.4, -0.2) is 15.8 Å². The van der Waals surface area contributed by atoms with E-state index in [1.807, 2.05) is 26.8 Å². The van der Waals surface area contributed by atoms with Crippen LogP contribution in [0.5, 0.6) is 0 Å². The highest BCUT2D eigenvalue weighted by Crippen LogP contribution is 2.28. The van der Waals surface area contributed by atoms with Gasteiger partial charge in [0, 0.05) is 12.2 Å². The maximum atomic E-state index is 12.5. The number of hydrogen-bond donors (Lipinski definition) is 1. The summed E-state index contributed by atoms with van der Waals surface area (Å²) in [6.45, 7) is 6.74. The molecule has 0 radical (unpaired) electrons. The van der Waals surface area contributed by atoms with Crippen molar-refractivity contribution in [2.45, 2.75) is 46.1 Å². The molecular formula is C14H18F3N3O. The van der Waals surface area contributed by atoms with Gasteiger partial charge in [-0.3, -0.25) is 4.68 Å². The van der Waals surface area contributed by atoms with E-state index >= 15 is 0 Å². The molecule has 2 rings (SSSR count). The summed E-state index contributed by atoms with van der Waals surface area (Å²) in [6.07, 6.45) is -2.58. The zero-order valence-corrected chi connectivity index (χ0v) is 12.2. The summed E-state index contributed by atoms with van der Waals surface area (Å²) in [5, 5.41) is 6.95. The summed E-state index contributed by atoms with van der Waals surface area (Å²) < 4.78 is 44.4. The second-order valence-electron chi connectivity index (χ2n) is 5.28. The quantitative estimate of drug-likeness (QED) is 0.921. The predicted octanol–water partition coefficient (Wildman–Crippen LogP) is 3.35. The molecule has 0 saturated carbocycles. The van der Waals surface area contributed by atoms with Gasteiger partial charge in [-0.1, -0.05) is 13.8 Å². The second kappa shape index (κ2) is 5.93. The molecule has 0 aromatic carbocycles. The third-order valence-corrected chi connectivity index (χ3v) is 3.02. The molecule has 0 fully saturated rings. The van der Waals surface area contributed by atoms with Gasteiger partial charge in [0.15, 0.2) is 0 Å². The Balaban J connectivity index is 2.06. The topological polar surface area (TPSA) is 43.0 Å². The minimum Gasteiger partial charge on any atom is -0.462 e. The first-order valence-electron chi connectivity index (χ1n) is 6.67. The fourth-order valence-corrected chi connectivity index (χ4v) is 1.90. The van der Waals surface area contributed by atoms with Crippen molar-refractivity contribution >= 4 is 0 Å². The van der Waals surface area contributed by atoms with E-state index in [0.29, 0.717) is 18.3 Å². The molecule has 0 atom stereocenters. The Morgan fingerprint density at radius 1 is 1.38 bits per heavy atom. The Kier molecular flexibility index (Phi) is 4.41. The first-order valence-corrected chi connectivity index (χ1v) is 6.67. The summed E-state index contributed by atoms with van der Waals surface area (Å²) in [4.78, 5) is 0. The van der Waals surface area contributed by atoms with Gasteiger partial charge in [-0.2, -0.15) is 18.3 Å². The summed E-state index contributed by atoms with van der Waals surface area (Å²) in [5.41, 5.74) is 0.217. The van der Waals surface area contributed by atoms with E-state index in [1.54, 1.807) is 0 Å². The average molecular weight is 301 g/mol. The third kappa shape index (κ3) is 4.10. The lowest BCUT2D eigenvalue weighted by molar-refractivity contribution is -0.137. The van der Waals surface area contributed by atoms with E-state index in [4.69, 9.17) is 4.42 Å². The second-order valence-corrected chi connectivity index (χ2v) is 5.28. The van der Waals surface area contributed by atoms with Crippen molar-refractivity contribution in [3.63, 3.8) is 0 Å². The highest BCUT2D eigenvalue weighted by Gasteiger charge is 2.32. The molecule has 2 aromatic rings. The predicted molar refractivity (Wildman–Crippen MR) is 71.8 cm³/mol. The highest BCUT2D eigenvalue weighted by molar-refractivity contribution is 5.20. The molecule has 1 N–H and O–H groups in total. The van der Waals surface area contributed by atoms with Crippen LogP contribution in [0.15, 0.2) is 22.9 Å². The lowest BCUT2D eigenvalue weighted by Gasteiger charge is -2.06. The number of aryl methyl sites for hydroxylation is 1. The maximum absolute atomic E-state index is 12.5. The molecule has 7 heteroatoms. The van der Waals surface area contributed by atoms with Gasteiger partial charge in [0.1, 0.15) is 11.5 Å². The molecule has 0 amide bonds. The number of nitrogens with zero attached hydrogens (tertiary/aromatic N) is 2. The number of alkyl halides is 3. The molecule has 0 aliphatic heterocycles. The molecule has 0 saturated heterocycles. The van der Waals surface area contributed by atoms with Crippen LogP contribution in [0.2, 0.25) is 0 Å². The number of rotatable bonds is 5. The Morgan fingerprint density at radius 2 is 2.10 bits per heavy atom. The number of furan rings is 1. The van der Waals surface area contributed by atoms with Gasteiger partial charge in [0.2, 0.25) is 0 Å². The molecule has 0 aliphatic carbocycles. The minimum absolute atomic E-state index is 0.179. The molecule has 0 aliphatic rings. The zero-order valence-electron chi connectivity index (χ0n) is 12.2. The van der Waals surface area contributed by atoms with Gasteiger partial charge in [0.25, 0.3) is 0 Å². The molecule has 0 bridgehead atoms. The third-order valence-electron chi connectivity index (χ3n) is 3.02. The van der Waals surface area contributed by atoms with Crippen molar-refractivity contribution in [1.82, 2.24) is 15.1 Å². The van der Waals surface area contributed by atoms with Crippen molar-refractivity contribution in [1.29, 1.82) is 0 Å². The lowest BCUT2D eigenvalue weighted by Crippen LogP contribution is -2.21. The molecule has 116 valence electrons. The van der Waals surface area contributed by atoms with E-state index in [-0.39, 0.29) is 6.54 Å². The Morgan fingerprint density at radius 3 is 2.67 bits per heavy atom. The molecular weight excluding hydrogens is 283 g/mol. The number of nitrogens with one attached hydrogen (secondary N) is 1. The van der Waals surface area contributed by atoms with Crippen LogP contribution in [0.25, 0.3) is 0 Å². The SMILES string of the molecule is Cc1cc(Cn2cc(C(F)(F)F)cn2)oc1CNC(C)C. The van der Waals surface area contributed by atoms with Crippen molar-refractivity contribution in [3.8, 4) is 0 Å². The summed E-state index contributed by atoms with van der Waals surface area (Å²) >= 11 is 0. The molecule has 2 heterocycles. The summed E-state index contributed by atoms with van der Waals surface area (Å²) in [5.74, 6) is 1.38. The van der Waals surface area contributed by atoms with Gasteiger partial charge in [0.05, 0.1) is 24.8 Å². The van der Waals surface area contributed by atoms with Crippen LogP contribution in [0.4, 0.5) is 13.2 Å². The van der Waals surface area contributed by atoms with Crippen molar-refractivity contribution in [3.05, 3.63) is 41.1 Å². The van der Waals surface area contributed by atoms with Crippen molar-refractivity contribution in [2.24, 2.45) is 0 Å². The summed E-state index contributed by atoms with van der Waals surface area (Å²) in [7, 11) is 0. The Hall–Kier alpha value is -1.76. The monoisotopic (exact) mass is 301 g/mol. The van der Waals surface area contributed by atoms with E-state index in [2.05, 4.69) is 10.4 Å². The normalized spacial score (nSPS) is 12.3. The lowest BCUT2D eigenvalue weighted by atomic mass is 10.2. The smallest absolute Gasteiger partial charge is 0.419 e. The van der Waals surface area contributed by atoms with Gasteiger partial charge >= 0.3 is 6.18 Å². The highest BCUT2D eigenvalue weighted by atomic mass is 19.4. The van der Waals surface area contributed by atoms with Gasteiger partial charge in [-0.15, -0.1) is 0 Å². The number of halogens is 3. The van der Waals surface area contributed by atoms with E-state index < -0.39 is 11.7 Å². The van der Waals surface area contributed by atoms with Gasteiger partial charge in [-0.05, 0) is 18.6 Å². The van der Waals surface area contributed by atoms with Gasteiger partial charge in [-0.25, -0.2) is 0 Å². The number of hydrogen-bond acceptors (Lipinski definition) is 3. The first kappa shape index (κ1) is 15.6. The summed E-state index contributed by atoms with van der Waals surface area (Å²) in [6, 6.07) is 2.16. The van der Waals surface area contributed by atoms with Crippen LogP contribution < -0.4 is 5.32 Å². The molecule has 4 nitrogen and oxygen atoms in total. The Labute approximate surface area is 120 Å². The van der Waals surface area contributed by atoms with Crippen LogP contribution in [0.3, 0.4) is 0 Å². The number of aromatic nitrogens is 2. The minimum atomic E-state index is -4.37. The standard InChI is InChI=1S/C14H18F3N3O/c1-9(2)18-6-13-10(3)4-12(21-13)8-20-7-11(5-19-20)14(15,16)17/h4-5,7,9,18H,6,8H2,1-3H3. The van der Waals surface area contributed by atoms with E-state index in [1.165, 1.54) is 4.68 Å². The van der Waals surface area contributed by atoms with Crippen molar-refractivity contribution in [2.75, 3.05) is 0 Å². The van der Waals surface area contributed by atoms with Crippen LogP contribution in [-0.2, 0) is 19.3 Å². The van der Waals surface area contributed by atoms with Crippen LogP contribution in [0, 0.1) is 6.92 Å². The zero-order chi connectivity index (χ0) is 15.6.